The number of rotatable bonds is 2. The van der Waals surface area contributed by atoms with Crippen LogP contribution in [0.4, 0.5) is 0 Å². The zero-order valence-electron chi connectivity index (χ0n) is 13.4. The van der Waals surface area contributed by atoms with Crippen LogP contribution in [0.5, 0.6) is 5.75 Å². The van der Waals surface area contributed by atoms with Gasteiger partial charge < -0.3 is 20.5 Å². The highest BCUT2D eigenvalue weighted by atomic mass is 16.5. The number of nitrogens with zero attached hydrogens (tertiary/aromatic N) is 1. The number of aliphatic hydroxyl groups is 1. The Bertz CT molecular complexity index is 596. The van der Waals surface area contributed by atoms with Crippen LogP contribution in [0.3, 0.4) is 0 Å². The van der Waals surface area contributed by atoms with E-state index in [2.05, 4.69) is 19.1 Å². The van der Waals surface area contributed by atoms with E-state index in [1.165, 1.54) is 5.56 Å². The lowest BCUT2D eigenvalue weighted by molar-refractivity contribution is -0.126. The monoisotopic (exact) mass is 304 g/mol. The molecule has 2 aliphatic rings. The Hall–Kier alpha value is -2.01. The second-order valence-corrected chi connectivity index (χ2v) is 5.13. The van der Waals surface area contributed by atoms with Gasteiger partial charge in [0.1, 0.15) is 18.1 Å². The first kappa shape index (κ1) is 16.4. The van der Waals surface area contributed by atoms with Gasteiger partial charge in [-0.25, -0.2) is 0 Å². The highest BCUT2D eigenvalue weighted by Crippen LogP contribution is 2.31. The van der Waals surface area contributed by atoms with E-state index in [1.54, 1.807) is 0 Å². The Morgan fingerprint density at radius 1 is 1.41 bits per heavy atom. The van der Waals surface area contributed by atoms with Crippen LogP contribution in [0.15, 0.2) is 29.6 Å². The summed E-state index contributed by atoms with van der Waals surface area (Å²) in [5.41, 5.74) is 8.71. The predicted molar refractivity (Wildman–Crippen MR) is 85.3 cm³/mol. The van der Waals surface area contributed by atoms with Crippen LogP contribution in [0.2, 0.25) is 0 Å². The molecule has 0 fully saturated rings. The second-order valence-electron chi connectivity index (χ2n) is 5.13. The third-order valence-corrected chi connectivity index (χ3v) is 3.90. The number of carbonyl (C=O) groups is 1. The molecular formula is C17H24N2O3. The molecule has 5 heteroatoms. The summed E-state index contributed by atoms with van der Waals surface area (Å²) in [4.78, 5) is 13.3. The van der Waals surface area contributed by atoms with Gasteiger partial charge in [0.2, 0.25) is 5.78 Å². The molecule has 0 amide bonds. The Balaban J connectivity index is 0.000000847. The van der Waals surface area contributed by atoms with Crippen molar-refractivity contribution in [1.29, 1.82) is 0 Å². The maximum absolute atomic E-state index is 11.4. The molecule has 0 saturated heterocycles. The zero-order chi connectivity index (χ0) is 16.3. The first-order valence-corrected chi connectivity index (χ1v) is 7.83. The average Bonchev–Trinajstić information content (AvgIpc) is 2.77. The minimum atomic E-state index is -1.08. The van der Waals surface area contributed by atoms with Gasteiger partial charge in [-0.3, -0.25) is 4.79 Å². The summed E-state index contributed by atoms with van der Waals surface area (Å²) in [6, 6.07) is 6.15. The molecule has 3 N–H and O–H groups in total. The predicted octanol–water partition coefficient (Wildman–Crippen LogP) is 1.58. The van der Waals surface area contributed by atoms with Crippen molar-refractivity contribution in [2.45, 2.75) is 39.8 Å². The van der Waals surface area contributed by atoms with Gasteiger partial charge in [0, 0.05) is 12.1 Å². The zero-order valence-corrected chi connectivity index (χ0v) is 13.4. The Morgan fingerprint density at radius 2 is 2.14 bits per heavy atom. The van der Waals surface area contributed by atoms with E-state index < -0.39 is 6.10 Å². The third kappa shape index (κ3) is 2.81. The maximum atomic E-state index is 11.4. The Kier molecular flexibility index (Phi) is 5.08. The minimum Gasteiger partial charge on any atom is -0.491 e. The van der Waals surface area contributed by atoms with Crippen LogP contribution in [0, 0.1) is 0 Å². The average molecular weight is 304 g/mol. The highest BCUT2D eigenvalue weighted by molar-refractivity contribution is 6.07. The lowest BCUT2D eigenvalue weighted by Crippen LogP contribution is -2.48. The van der Waals surface area contributed by atoms with Crippen molar-refractivity contribution in [1.82, 2.24) is 4.90 Å². The largest absolute Gasteiger partial charge is 0.491 e. The Labute approximate surface area is 131 Å². The maximum Gasteiger partial charge on any atom is 0.214 e. The van der Waals surface area contributed by atoms with Gasteiger partial charge >= 0.3 is 0 Å². The number of Topliss-reactive ketones (excluding diaryl/α,β-unsaturated/α-hetero) is 1. The molecule has 0 aromatic heterocycles. The molecular weight excluding hydrogens is 280 g/mol. The molecule has 0 radical (unpaired) electrons. The first-order chi connectivity index (χ1) is 10.6. The molecule has 5 nitrogen and oxygen atoms in total. The van der Waals surface area contributed by atoms with E-state index in [1.807, 2.05) is 24.8 Å². The number of hydrogen-bond donors (Lipinski definition) is 2. The molecule has 0 saturated carbocycles. The van der Waals surface area contributed by atoms with E-state index >= 15 is 0 Å². The van der Waals surface area contributed by atoms with Crippen LogP contribution >= 0.6 is 0 Å². The SMILES string of the molecule is CC.CCc1ccc2c(c1)CN(C1=C(N)C(=O)C1O)CCO2. The molecule has 120 valence electrons. The van der Waals surface area contributed by atoms with E-state index in [0.29, 0.717) is 25.4 Å². The fraction of sp³-hybridized carbons (Fsp3) is 0.471. The molecule has 1 aliphatic heterocycles. The van der Waals surface area contributed by atoms with Crippen molar-refractivity contribution in [2.24, 2.45) is 5.73 Å². The topological polar surface area (TPSA) is 75.8 Å². The normalized spacial score (nSPS) is 20.3. The smallest absolute Gasteiger partial charge is 0.214 e. The van der Waals surface area contributed by atoms with Crippen LogP contribution in [-0.4, -0.2) is 35.0 Å². The molecule has 3 rings (SSSR count). The lowest BCUT2D eigenvalue weighted by atomic mass is 9.94. The minimum absolute atomic E-state index is 0.174. The summed E-state index contributed by atoms with van der Waals surface area (Å²) < 4.78 is 5.72. The number of hydrogen-bond acceptors (Lipinski definition) is 5. The van der Waals surface area contributed by atoms with Crippen LogP contribution < -0.4 is 10.5 Å². The van der Waals surface area contributed by atoms with E-state index in [0.717, 1.165) is 17.7 Å². The molecule has 0 bridgehead atoms. The number of nitrogens with two attached hydrogens (primary N) is 1. The van der Waals surface area contributed by atoms with E-state index in [9.17, 15) is 9.90 Å². The van der Waals surface area contributed by atoms with Crippen molar-refractivity contribution in [3.63, 3.8) is 0 Å². The van der Waals surface area contributed by atoms with Crippen molar-refractivity contribution in [3.05, 3.63) is 40.7 Å². The number of aryl methyl sites for hydroxylation is 1. The highest BCUT2D eigenvalue weighted by Gasteiger charge is 2.40. The van der Waals surface area contributed by atoms with Gasteiger partial charge in [-0.05, 0) is 18.1 Å². The fourth-order valence-electron chi connectivity index (χ4n) is 2.68. The van der Waals surface area contributed by atoms with Crippen LogP contribution in [-0.2, 0) is 17.8 Å². The number of carbonyl (C=O) groups excluding carboxylic acids is 1. The van der Waals surface area contributed by atoms with Crippen LogP contribution in [0.1, 0.15) is 31.9 Å². The molecule has 0 spiro atoms. The standard InChI is InChI=1S/C15H18N2O3.C2H6/c1-2-9-3-4-11-10(7-9)8-17(5-6-20-11)13-12(16)14(18)15(13)19;1-2/h3-4,7,15,19H,2,5-6,8,16H2,1H3;1-2H3. The molecule has 1 unspecified atom stereocenters. The number of aliphatic hydroxyl groups excluding tert-OH is 1. The van der Waals surface area contributed by atoms with Crippen LogP contribution in [0.25, 0.3) is 0 Å². The van der Waals surface area contributed by atoms with Crippen molar-refractivity contribution in [3.8, 4) is 5.75 Å². The molecule has 22 heavy (non-hydrogen) atoms. The van der Waals surface area contributed by atoms with E-state index in [4.69, 9.17) is 10.5 Å². The first-order valence-electron chi connectivity index (χ1n) is 7.83. The van der Waals surface area contributed by atoms with Crippen molar-refractivity contribution < 1.29 is 14.6 Å². The molecule has 1 aliphatic carbocycles. The van der Waals surface area contributed by atoms with Gasteiger partial charge in [-0.2, -0.15) is 0 Å². The van der Waals surface area contributed by atoms with Gasteiger partial charge in [0.25, 0.3) is 0 Å². The molecule has 1 aromatic carbocycles. The summed E-state index contributed by atoms with van der Waals surface area (Å²) in [6.45, 7) is 7.82. The van der Waals surface area contributed by atoms with Gasteiger partial charge in [-0.1, -0.05) is 32.9 Å². The van der Waals surface area contributed by atoms with Gasteiger partial charge in [0.15, 0.2) is 6.10 Å². The molecule has 1 heterocycles. The van der Waals surface area contributed by atoms with E-state index in [-0.39, 0.29) is 11.5 Å². The fourth-order valence-corrected chi connectivity index (χ4v) is 2.68. The number of ether oxygens (including phenoxy) is 1. The second kappa shape index (κ2) is 6.83. The van der Waals surface area contributed by atoms with Crippen molar-refractivity contribution in [2.75, 3.05) is 13.2 Å². The molecule has 1 aromatic rings. The van der Waals surface area contributed by atoms with Gasteiger partial charge in [-0.15, -0.1) is 0 Å². The summed E-state index contributed by atoms with van der Waals surface area (Å²) >= 11 is 0. The van der Waals surface area contributed by atoms with Crippen molar-refractivity contribution >= 4 is 5.78 Å². The Morgan fingerprint density at radius 3 is 2.77 bits per heavy atom. The number of ketones is 1. The summed E-state index contributed by atoms with van der Waals surface area (Å²) in [5, 5.41) is 9.77. The number of fused-ring (bicyclic) bond motifs is 1. The summed E-state index contributed by atoms with van der Waals surface area (Å²) in [7, 11) is 0. The quantitative estimate of drug-likeness (QED) is 0.867. The molecule has 1 atom stereocenters. The summed E-state index contributed by atoms with van der Waals surface area (Å²) in [6.07, 6.45) is -0.120. The lowest BCUT2D eigenvalue weighted by Gasteiger charge is -2.35. The third-order valence-electron chi connectivity index (χ3n) is 3.90. The number of benzene rings is 1. The summed E-state index contributed by atoms with van der Waals surface area (Å²) in [5.74, 6) is 0.483. The van der Waals surface area contributed by atoms with Gasteiger partial charge in [0.05, 0.1) is 12.2 Å².